The number of hydrogen-bond donors (Lipinski definition) is 1. The maximum Gasteiger partial charge on any atom is 0.416 e. The lowest BCUT2D eigenvalue weighted by molar-refractivity contribution is -0.137. The number of alkyl halides is 3. The zero-order chi connectivity index (χ0) is 10.1. The lowest BCUT2D eigenvalue weighted by Crippen LogP contribution is -2.05. The Bertz CT molecular complexity index is 413. The molecule has 0 fully saturated rings. The molecule has 0 atom stereocenters. The summed E-state index contributed by atoms with van der Waals surface area (Å²) in [6.45, 7) is 0. The summed E-state index contributed by atoms with van der Waals surface area (Å²) in [6.07, 6.45) is -4.46. The molecule has 0 aliphatic heterocycles. The molecule has 0 radical (unpaired) electrons. The van der Waals surface area contributed by atoms with Crippen molar-refractivity contribution in [2.75, 3.05) is 0 Å². The molecule has 0 aromatic carbocycles. The molecule has 0 spiro atoms. The number of pyridine rings is 1. The number of aromatic nitrogens is 1. The molecule has 13 heavy (non-hydrogen) atoms. The Kier molecular flexibility index (Phi) is 2.38. The lowest BCUT2D eigenvalue weighted by atomic mass is 10.2. The highest BCUT2D eigenvalue weighted by molar-refractivity contribution is 7.71. The van der Waals surface area contributed by atoms with Gasteiger partial charge in [-0.15, -0.1) is 0 Å². The third-order valence-electron chi connectivity index (χ3n) is 1.29. The molecule has 0 aliphatic rings. The van der Waals surface area contributed by atoms with Gasteiger partial charge in [-0.3, -0.25) is 0 Å². The van der Waals surface area contributed by atoms with Crippen LogP contribution in [0.25, 0.3) is 0 Å². The van der Waals surface area contributed by atoms with Crippen molar-refractivity contribution in [3.63, 3.8) is 0 Å². The molecule has 1 heterocycles. The van der Waals surface area contributed by atoms with E-state index < -0.39 is 11.7 Å². The summed E-state index contributed by atoms with van der Waals surface area (Å²) in [5.74, 6) is 0. The fourth-order valence-corrected chi connectivity index (χ4v) is 1.00. The van der Waals surface area contributed by atoms with Crippen molar-refractivity contribution in [2.45, 2.75) is 6.18 Å². The normalized spacial score (nSPS) is 10.9. The van der Waals surface area contributed by atoms with Crippen LogP contribution in [0, 0.1) is 16.0 Å². The van der Waals surface area contributed by atoms with Gasteiger partial charge in [-0.1, -0.05) is 12.2 Å². The zero-order valence-corrected chi connectivity index (χ0v) is 6.96. The third-order valence-corrected chi connectivity index (χ3v) is 1.51. The van der Waals surface area contributed by atoms with Gasteiger partial charge in [-0.25, -0.2) is 0 Å². The average molecular weight is 204 g/mol. The predicted octanol–water partition coefficient (Wildman–Crippen LogP) is 2.63. The summed E-state index contributed by atoms with van der Waals surface area (Å²) in [7, 11) is 0. The van der Waals surface area contributed by atoms with E-state index in [1.165, 1.54) is 0 Å². The van der Waals surface area contributed by atoms with Crippen LogP contribution in [0.4, 0.5) is 13.2 Å². The molecule has 2 nitrogen and oxygen atoms in total. The Morgan fingerprint density at radius 3 is 2.46 bits per heavy atom. The lowest BCUT2D eigenvalue weighted by Gasteiger charge is -2.05. The van der Waals surface area contributed by atoms with Crippen molar-refractivity contribution in [1.82, 2.24) is 4.98 Å². The van der Waals surface area contributed by atoms with E-state index in [4.69, 9.17) is 5.26 Å². The Morgan fingerprint density at radius 2 is 2.00 bits per heavy atom. The van der Waals surface area contributed by atoms with Crippen molar-refractivity contribution in [2.24, 2.45) is 0 Å². The molecule has 1 rings (SSSR count). The van der Waals surface area contributed by atoms with E-state index in [-0.39, 0.29) is 10.3 Å². The minimum Gasteiger partial charge on any atom is -0.338 e. The van der Waals surface area contributed by atoms with Crippen LogP contribution in [-0.4, -0.2) is 4.98 Å². The van der Waals surface area contributed by atoms with Crippen LogP contribution in [-0.2, 0) is 6.18 Å². The largest absolute Gasteiger partial charge is 0.416 e. The highest BCUT2D eigenvalue weighted by atomic mass is 32.1. The minimum atomic E-state index is -4.46. The zero-order valence-electron chi connectivity index (χ0n) is 6.14. The molecule has 68 valence electrons. The molecule has 0 amide bonds. The van der Waals surface area contributed by atoms with E-state index in [0.29, 0.717) is 0 Å². The van der Waals surface area contributed by atoms with Gasteiger partial charge >= 0.3 is 6.18 Å². The second-order valence-corrected chi connectivity index (χ2v) is 2.70. The number of rotatable bonds is 0. The first-order valence-corrected chi connectivity index (χ1v) is 3.56. The molecule has 6 heteroatoms. The van der Waals surface area contributed by atoms with E-state index in [9.17, 15) is 13.2 Å². The summed E-state index contributed by atoms with van der Waals surface area (Å²) in [5.41, 5.74) is -1.10. The quantitative estimate of drug-likeness (QED) is 0.660. The van der Waals surface area contributed by atoms with Gasteiger partial charge in [0.15, 0.2) is 0 Å². The number of aromatic amines is 1. The topological polar surface area (TPSA) is 39.6 Å². The highest BCUT2D eigenvalue weighted by Crippen LogP contribution is 2.29. The summed E-state index contributed by atoms with van der Waals surface area (Å²) in [5, 5.41) is 8.36. The number of H-pyrrole nitrogens is 1. The molecule has 0 unspecified atom stereocenters. The van der Waals surface area contributed by atoms with Crippen LogP contribution in [0.1, 0.15) is 11.3 Å². The molecular weight excluding hydrogens is 201 g/mol. The minimum absolute atomic E-state index is 0.105. The smallest absolute Gasteiger partial charge is 0.338 e. The second-order valence-electron chi connectivity index (χ2n) is 2.26. The van der Waals surface area contributed by atoms with Crippen LogP contribution < -0.4 is 0 Å². The van der Waals surface area contributed by atoms with Gasteiger partial charge < -0.3 is 4.98 Å². The van der Waals surface area contributed by atoms with E-state index in [1.54, 1.807) is 6.07 Å². The molecule has 1 aromatic heterocycles. The summed E-state index contributed by atoms with van der Waals surface area (Å²) >= 11 is 4.52. The van der Waals surface area contributed by atoms with Crippen LogP contribution in [0.3, 0.4) is 0 Å². The first-order chi connectivity index (χ1) is 5.93. The molecule has 0 saturated heterocycles. The fraction of sp³-hybridized carbons (Fsp3) is 0.143. The van der Waals surface area contributed by atoms with Gasteiger partial charge in [0.2, 0.25) is 0 Å². The van der Waals surface area contributed by atoms with Crippen molar-refractivity contribution < 1.29 is 13.2 Å². The van der Waals surface area contributed by atoms with E-state index >= 15 is 0 Å². The van der Waals surface area contributed by atoms with Gasteiger partial charge in [0.1, 0.15) is 16.4 Å². The molecule has 1 aromatic rings. The summed E-state index contributed by atoms with van der Waals surface area (Å²) in [6, 6.07) is 3.05. The molecule has 0 saturated carbocycles. The molecule has 0 bridgehead atoms. The van der Waals surface area contributed by atoms with Crippen LogP contribution >= 0.6 is 12.2 Å². The van der Waals surface area contributed by atoms with E-state index in [0.717, 1.165) is 12.1 Å². The first-order valence-electron chi connectivity index (χ1n) is 3.15. The van der Waals surface area contributed by atoms with Crippen molar-refractivity contribution >= 4 is 12.2 Å². The standard InChI is InChI=1S/C7H3F3N2S/c8-7(9,10)4-1-5(3-11)12-6(13)2-4/h1-2H,(H,12,13). The number of nitrogens with one attached hydrogen (secondary N) is 1. The monoisotopic (exact) mass is 204 g/mol. The maximum atomic E-state index is 12.1. The van der Waals surface area contributed by atoms with Gasteiger partial charge in [0.05, 0.1) is 5.56 Å². The van der Waals surface area contributed by atoms with Crippen LogP contribution in [0.15, 0.2) is 12.1 Å². The summed E-state index contributed by atoms with van der Waals surface area (Å²) in [4.78, 5) is 2.32. The van der Waals surface area contributed by atoms with E-state index in [1.807, 2.05) is 0 Å². The number of halogens is 3. The number of nitrogens with zero attached hydrogens (tertiary/aromatic N) is 1. The Hall–Kier alpha value is -1.35. The van der Waals surface area contributed by atoms with Gasteiger partial charge in [0, 0.05) is 0 Å². The predicted molar refractivity (Wildman–Crippen MR) is 41.3 cm³/mol. The summed E-state index contributed by atoms with van der Waals surface area (Å²) < 4.78 is 36.2. The average Bonchev–Trinajstić information content (AvgIpc) is 2.01. The molecule has 0 aliphatic carbocycles. The Balaban J connectivity index is 3.35. The highest BCUT2D eigenvalue weighted by Gasteiger charge is 2.30. The molecular formula is C7H3F3N2S. The van der Waals surface area contributed by atoms with Crippen LogP contribution in [0.5, 0.6) is 0 Å². The SMILES string of the molecule is N#Cc1cc(C(F)(F)F)cc(=S)[nH]1. The number of nitriles is 1. The Morgan fingerprint density at radius 1 is 1.38 bits per heavy atom. The van der Waals surface area contributed by atoms with Crippen molar-refractivity contribution in [1.29, 1.82) is 5.26 Å². The first kappa shape index (κ1) is 9.74. The van der Waals surface area contributed by atoms with Crippen molar-refractivity contribution in [3.05, 3.63) is 28.0 Å². The van der Waals surface area contributed by atoms with Crippen LogP contribution in [0.2, 0.25) is 0 Å². The maximum absolute atomic E-state index is 12.1. The number of hydrogen-bond acceptors (Lipinski definition) is 2. The van der Waals surface area contributed by atoms with Crippen molar-refractivity contribution in [3.8, 4) is 6.07 Å². The third kappa shape index (κ3) is 2.29. The van der Waals surface area contributed by atoms with E-state index in [2.05, 4.69) is 17.2 Å². The van der Waals surface area contributed by atoms with Gasteiger partial charge in [-0.2, -0.15) is 18.4 Å². The molecule has 1 N–H and O–H groups in total. The second kappa shape index (κ2) is 3.18. The van der Waals surface area contributed by atoms with Gasteiger partial charge in [-0.05, 0) is 12.1 Å². The fourth-order valence-electron chi connectivity index (χ4n) is 0.767. The Labute approximate surface area is 76.6 Å². The van der Waals surface area contributed by atoms with Gasteiger partial charge in [0.25, 0.3) is 0 Å².